The normalized spacial score (nSPS) is 9.74. The Hall–Kier alpha value is -2.62. The van der Waals surface area contributed by atoms with Crippen molar-refractivity contribution in [1.29, 1.82) is 0 Å². The summed E-state index contributed by atoms with van der Waals surface area (Å²) in [5.74, 6) is 1.45. The van der Waals surface area contributed by atoms with Gasteiger partial charge in [-0.05, 0) is 30.3 Å². The van der Waals surface area contributed by atoms with Gasteiger partial charge in [0.2, 0.25) is 0 Å². The summed E-state index contributed by atoms with van der Waals surface area (Å²) in [6.45, 7) is 3.85. The van der Waals surface area contributed by atoms with Crippen molar-refractivity contribution in [3.8, 4) is 11.5 Å². The van der Waals surface area contributed by atoms with Crippen LogP contribution in [0, 0.1) is 0 Å². The molecule has 0 aliphatic heterocycles. The first-order chi connectivity index (χ1) is 9.24. The highest BCUT2D eigenvalue weighted by Crippen LogP contribution is 2.30. The third kappa shape index (κ3) is 2.98. The molecular formula is C15H13NO3. The third-order valence-electron chi connectivity index (χ3n) is 2.54. The summed E-state index contributed by atoms with van der Waals surface area (Å²) in [6, 6.07) is 8.59. The van der Waals surface area contributed by atoms with Crippen LogP contribution in [-0.4, -0.2) is 18.4 Å². The molecule has 2 rings (SSSR count). The van der Waals surface area contributed by atoms with E-state index in [1.54, 1.807) is 36.7 Å². The number of aldehydes is 1. The van der Waals surface area contributed by atoms with Crippen molar-refractivity contribution in [1.82, 2.24) is 4.98 Å². The average molecular weight is 255 g/mol. The van der Waals surface area contributed by atoms with Crippen molar-refractivity contribution < 1.29 is 14.3 Å². The Labute approximate surface area is 111 Å². The van der Waals surface area contributed by atoms with Crippen molar-refractivity contribution in [3.05, 3.63) is 60.4 Å². The van der Waals surface area contributed by atoms with Gasteiger partial charge in [-0.15, -0.1) is 0 Å². The van der Waals surface area contributed by atoms with Crippen molar-refractivity contribution in [2.45, 2.75) is 0 Å². The first-order valence-electron chi connectivity index (χ1n) is 5.65. The predicted octanol–water partition coefficient (Wildman–Crippen LogP) is 2.95. The van der Waals surface area contributed by atoms with Gasteiger partial charge < -0.3 is 9.47 Å². The van der Waals surface area contributed by atoms with Crippen LogP contribution in [0.25, 0.3) is 5.76 Å². The largest absolute Gasteiger partial charge is 0.493 e. The molecule has 0 aliphatic carbocycles. The minimum Gasteiger partial charge on any atom is -0.493 e. The summed E-state index contributed by atoms with van der Waals surface area (Å²) in [7, 11) is 1.52. The van der Waals surface area contributed by atoms with Gasteiger partial charge in [-0.25, -0.2) is 0 Å². The van der Waals surface area contributed by atoms with Crippen molar-refractivity contribution >= 4 is 12.0 Å². The molecule has 0 radical (unpaired) electrons. The molecule has 0 spiro atoms. The molecule has 19 heavy (non-hydrogen) atoms. The molecule has 1 heterocycles. The lowest BCUT2D eigenvalue weighted by Gasteiger charge is -2.12. The molecule has 0 fully saturated rings. The lowest BCUT2D eigenvalue weighted by atomic mass is 10.2. The summed E-state index contributed by atoms with van der Waals surface area (Å²) >= 11 is 0. The van der Waals surface area contributed by atoms with Crippen LogP contribution in [0.3, 0.4) is 0 Å². The lowest BCUT2D eigenvalue weighted by Crippen LogP contribution is -1.97. The predicted molar refractivity (Wildman–Crippen MR) is 72.3 cm³/mol. The van der Waals surface area contributed by atoms with E-state index in [9.17, 15) is 4.79 Å². The molecule has 0 saturated heterocycles. The Morgan fingerprint density at radius 1 is 1.32 bits per heavy atom. The number of hydrogen-bond donors (Lipinski definition) is 0. The summed E-state index contributed by atoms with van der Waals surface area (Å²) in [5.41, 5.74) is 1.31. The van der Waals surface area contributed by atoms with Gasteiger partial charge in [-0.2, -0.15) is 0 Å². The minimum absolute atomic E-state index is 0.463. The van der Waals surface area contributed by atoms with Gasteiger partial charge in [0.05, 0.1) is 7.11 Å². The quantitative estimate of drug-likeness (QED) is 0.608. The fourth-order valence-electron chi connectivity index (χ4n) is 1.56. The maximum absolute atomic E-state index is 10.7. The number of carbonyl (C=O) groups is 1. The molecule has 0 bridgehead atoms. The van der Waals surface area contributed by atoms with E-state index in [1.165, 1.54) is 7.11 Å². The standard InChI is InChI=1S/C15H13NO3/c1-11(13-4-3-7-16-9-13)19-14-6-5-12(10-17)8-15(14)18-2/h3-10H,1H2,2H3. The number of benzene rings is 1. The topological polar surface area (TPSA) is 48.4 Å². The van der Waals surface area contributed by atoms with Crippen LogP contribution >= 0.6 is 0 Å². The Morgan fingerprint density at radius 2 is 2.16 bits per heavy atom. The molecule has 0 saturated carbocycles. The number of carbonyl (C=O) groups excluding carboxylic acids is 1. The molecule has 1 aromatic carbocycles. The number of rotatable bonds is 5. The second-order valence-electron chi connectivity index (χ2n) is 3.80. The van der Waals surface area contributed by atoms with Crippen molar-refractivity contribution in [2.24, 2.45) is 0 Å². The number of methoxy groups -OCH3 is 1. The van der Waals surface area contributed by atoms with Gasteiger partial charge in [0.25, 0.3) is 0 Å². The first-order valence-corrected chi connectivity index (χ1v) is 5.65. The smallest absolute Gasteiger partial charge is 0.169 e. The van der Waals surface area contributed by atoms with E-state index in [4.69, 9.17) is 9.47 Å². The molecular weight excluding hydrogens is 242 g/mol. The Balaban J connectivity index is 2.24. The van der Waals surface area contributed by atoms with Crippen molar-refractivity contribution in [3.63, 3.8) is 0 Å². The van der Waals surface area contributed by atoms with Crippen LogP contribution in [0.1, 0.15) is 15.9 Å². The van der Waals surface area contributed by atoms with Crippen LogP contribution < -0.4 is 9.47 Å². The molecule has 96 valence electrons. The number of aromatic nitrogens is 1. The summed E-state index contributed by atoms with van der Waals surface area (Å²) in [5, 5.41) is 0. The first kappa shape index (κ1) is 12.8. The van der Waals surface area contributed by atoms with Gasteiger partial charge >= 0.3 is 0 Å². The third-order valence-corrected chi connectivity index (χ3v) is 2.54. The van der Waals surface area contributed by atoms with E-state index in [2.05, 4.69) is 11.6 Å². The van der Waals surface area contributed by atoms with E-state index in [-0.39, 0.29) is 0 Å². The van der Waals surface area contributed by atoms with E-state index >= 15 is 0 Å². The van der Waals surface area contributed by atoms with Crippen LogP contribution in [-0.2, 0) is 0 Å². The van der Waals surface area contributed by atoms with Crippen LogP contribution in [0.15, 0.2) is 49.3 Å². The summed E-state index contributed by atoms with van der Waals surface area (Å²) < 4.78 is 10.8. The van der Waals surface area contributed by atoms with E-state index in [0.717, 1.165) is 11.8 Å². The minimum atomic E-state index is 0.463. The summed E-state index contributed by atoms with van der Waals surface area (Å²) in [6.07, 6.45) is 4.09. The highest BCUT2D eigenvalue weighted by molar-refractivity contribution is 5.76. The van der Waals surface area contributed by atoms with Gasteiger partial charge in [-0.1, -0.05) is 6.58 Å². The zero-order valence-electron chi connectivity index (χ0n) is 10.5. The zero-order valence-corrected chi connectivity index (χ0v) is 10.5. The van der Waals surface area contributed by atoms with Crippen LogP contribution in [0.4, 0.5) is 0 Å². The van der Waals surface area contributed by atoms with Gasteiger partial charge in [0.15, 0.2) is 11.5 Å². The monoisotopic (exact) mass is 255 g/mol. The number of pyridine rings is 1. The molecule has 0 unspecified atom stereocenters. The average Bonchev–Trinajstić information content (AvgIpc) is 2.48. The molecule has 2 aromatic rings. The zero-order chi connectivity index (χ0) is 13.7. The van der Waals surface area contributed by atoms with Gasteiger partial charge in [-0.3, -0.25) is 9.78 Å². The number of nitrogens with zero attached hydrogens (tertiary/aromatic N) is 1. The highest BCUT2D eigenvalue weighted by atomic mass is 16.5. The van der Waals surface area contributed by atoms with Crippen molar-refractivity contribution in [2.75, 3.05) is 7.11 Å². The van der Waals surface area contributed by atoms with E-state index in [0.29, 0.717) is 22.8 Å². The summed E-state index contributed by atoms with van der Waals surface area (Å²) in [4.78, 5) is 14.7. The van der Waals surface area contributed by atoms with Gasteiger partial charge in [0, 0.05) is 23.5 Å². The Kier molecular flexibility index (Phi) is 3.93. The highest BCUT2D eigenvalue weighted by Gasteiger charge is 2.08. The van der Waals surface area contributed by atoms with E-state index in [1.807, 2.05) is 6.07 Å². The second kappa shape index (κ2) is 5.82. The second-order valence-corrected chi connectivity index (χ2v) is 3.80. The number of hydrogen-bond acceptors (Lipinski definition) is 4. The molecule has 0 amide bonds. The van der Waals surface area contributed by atoms with Crippen LogP contribution in [0.5, 0.6) is 11.5 Å². The molecule has 0 aliphatic rings. The molecule has 0 N–H and O–H groups in total. The Morgan fingerprint density at radius 3 is 2.79 bits per heavy atom. The van der Waals surface area contributed by atoms with Crippen LogP contribution in [0.2, 0.25) is 0 Å². The molecule has 0 atom stereocenters. The fourth-order valence-corrected chi connectivity index (χ4v) is 1.56. The molecule has 4 heteroatoms. The molecule has 1 aromatic heterocycles. The molecule has 4 nitrogen and oxygen atoms in total. The Bertz CT molecular complexity index is 594. The maximum atomic E-state index is 10.7. The SMILES string of the molecule is C=C(Oc1ccc(C=O)cc1OC)c1cccnc1. The lowest BCUT2D eigenvalue weighted by molar-refractivity contribution is 0.112. The van der Waals surface area contributed by atoms with E-state index < -0.39 is 0 Å². The number of ether oxygens (including phenoxy) is 2. The fraction of sp³-hybridized carbons (Fsp3) is 0.0667. The maximum Gasteiger partial charge on any atom is 0.169 e. The van der Waals surface area contributed by atoms with Gasteiger partial charge in [0.1, 0.15) is 12.0 Å².